The average molecular weight is 324 g/mol. The van der Waals surface area contributed by atoms with E-state index >= 15 is 0 Å². The van der Waals surface area contributed by atoms with Gasteiger partial charge in [-0.3, -0.25) is 0 Å². The lowest BCUT2D eigenvalue weighted by Gasteiger charge is -2.09. The van der Waals surface area contributed by atoms with Crippen LogP contribution in [0.1, 0.15) is 16.7 Å². The van der Waals surface area contributed by atoms with Crippen molar-refractivity contribution in [1.82, 2.24) is 0 Å². The molecule has 1 aromatic heterocycles. The van der Waals surface area contributed by atoms with Crippen molar-refractivity contribution in [2.24, 2.45) is 0 Å². The van der Waals surface area contributed by atoms with Crippen LogP contribution in [0.15, 0.2) is 59.3 Å². The minimum Gasteiger partial charge on any atom is -0.478 e. The van der Waals surface area contributed by atoms with E-state index in [0.717, 1.165) is 23.8 Å². The minimum absolute atomic E-state index is 0.585. The third kappa shape index (κ3) is 4.08. The predicted octanol–water partition coefficient (Wildman–Crippen LogP) is 4.84. The van der Waals surface area contributed by atoms with Crippen molar-refractivity contribution in [3.05, 3.63) is 76.0 Å². The number of halogens is 3. The molecule has 0 saturated carbocycles. The fraction of sp³-hybridized carbons (Fsp3) is 0.0625. The second-order valence-electron chi connectivity index (χ2n) is 4.36. The molecular formula is C16H11F3O2S. The van der Waals surface area contributed by atoms with E-state index in [1.807, 2.05) is 16.8 Å². The zero-order chi connectivity index (χ0) is 16.2. The molecule has 0 aliphatic rings. The standard InChI is InChI=1S/C16H11F3O2S/c17-16(18,19)13-6-4-11(5-7-13)14(2-1-3-15(20)21)12-8-9-22-10-12/h1-10H,(H,20,21)/b3-1+,14-2-. The Labute approximate surface area is 128 Å². The van der Waals surface area contributed by atoms with Gasteiger partial charge in [0.25, 0.3) is 0 Å². The van der Waals surface area contributed by atoms with E-state index in [4.69, 9.17) is 5.11 Å². The molecule has 114 valence electrons. The minimum atomic E-state index is -4.38. The monoisotopic (exact) mass is 324 g/mol. The molecule has 0 amide bonds. The van der Waals surface area contributed by atoms with Gasteiger partial charge >= 0.3 is 12.1 Å². The molecule has 0 radical (unpaired) electrons. The smallest absolute Gasteiger partial charge is 0.416 e. The summed E-state index contributed by atoms with van der Waals surface area (Å²) in [7, 11) is 0. The summed E-state index contributed by atoms with van der Waals surface area (Å²) in [4.78, 5) is 10.5. The number of carbonyl (C=O) groups is 1. The lowest BCUT2D eigenvalue weighted by atomic mass is 9.98. The normalized spacial score (nSPS) is 12.8. The predicted molar refractivity (Wildman–Crippen MR) is 79.6 cm³/mol. The van der Waals surface area contributed by atoms with E-state index in [-0.39, 0.29) is 0 Å². The Kier molecular flexibility index (Phi) is 4.82. The summed E-state index contributed by atoms with van der Waals surface area (Å²) in [6.45, 7) is 0. The summed E-state index contributed by atoms with van der Waals surface area (Å²) in [5.74, 6) is -1.09. The van der Waals surface area contributed by atoms with Crippen LogP contribution in [0.2, 0.25) is 0 Å². The van der Waals surface area contributed by atoms with Crippen molar-refractivity contribution in [2.75, 3.05) is 0 Å². The van der Waals surface area contributed by atoms with Crippen LogP contribution in [0.3, 0.4) is 0 Å². The highest BCUT2D eigenvalue weighted by Crippen LogP contribution is 2.31. The van der Waals surface area contributed by atoms with Crippen LogP contribution in [-0.2, 0) is 11.0 Å². The number of alkyl halides is 3. The van der Waals surface area contributed by atoms with E-state index in [0.29, 0.717) is 11.1 Å². The SMILES string of the molecule is O=C(O)/C=C/C=C(/c1ccc(C(F)(F)F)cc1)c1ccsc1. The van der Waals surface area contributed by atoms with Crippen LogP contribution in [0, 0.1) is 0 Å². The molecule has 6 heteroatoms. The zero-order valence-corrected chi connectivity index (χ0v) is 12.0. The lowest BCUT2D eigenvalue weighted by molar-refractivity contribution is -0.137. The summed E-state index contributed by atoms with van der Waals surface area (Å²) in [6, 6.07) is 6.59. The van der Waals surface area contributed by atoms with Gasteiger partial charge in [0.15, 0.2) is 0 Å². The van der Waals surface area contributed by atoms with Crippen molar-refractivity contribution < 1.29 is 23.1 Å². The Bertz CT molecular complexity index is 696. The maximum atomic E-state index is 12.6. The summed E-state index contributed by atoms with van der Waals surface area (Å²) in [6.07, 6.45) is -0.490. The molecule has 0 unspecified atom stereocenters. The number of thiophene rings is 1. The lowest BCUT2D eigenvalue weighted by Crippen LogP contribution is -2.04. The highest BCUT2D eigenvalue weighted by Gasteiger charge is 2.30. The van der Waals surface area contributed by atoms with Gasteiger partial charge in [0.05, 0.1) is 5.56 Å². The number of allylic oxidation sites excluding steroid dienone is 2. The van der Waals surface area contributed by atoms with Crippen LogP contribution >= 0.6 is 11.3 Å². The van der Waals surface area contributed by atoms with Crippen LogP contribution in [-0.4, -0.2) is 11.1 Å². The molecule has 1 aromatic carbocycles. The molecule has 1 N–H and O–H groups in total. The van der Waals surface area contributed by atoms with E-state index in [1.165, 1.54) is 29.5 Å². The first-order chi connectivity index (χ1) is 10.4. The second-order valence-corrected chi connectivity index (χ2v) is 5.14. The van der Waals surface area contributed by atoms with Crippen LogP contribution in [0.5, 0.6) is 0 Å². The topological polar surface area (TPSA) is 37.3 Å². The Morgan fingerprint density at radius 1 is 1.09 bits per heavy atom. The molecule has 0 atom stereocenters. The molecule has 1 heterocycles. The van der Waals surface area contributed by atoms with E-state index in [2.05, 4.69) is 0 Å². The molecule has 0 saturated heterocycles. The molecular weight excluding hydrogens is 313 g/mol. The van der Waals surface area contributed by atoms with Crippen molar-refractivity contribution in [2.45, 2.75) is 6.18 Å². The van der Waals surface area contributed by atoms with E-state index in [1.54, 1.807) is 6.08 Å². The second kappa shape index (κ2) is 6.62. The molecule has 0 spiro atoms. The van der Waals surface area contributed by atoms with Crippen LogP contribution in [0.25, 0.3) is 5.57 Å². The maximum Gasteiger partial charge on any atom is 0.416 e. The molecule has 2 aromatic rings. The fourth-order valence-electron chi connectivity index (χ4n) is 1.84. The van der Waals surface area contributed by atoms with Crippen molar-refractivity contribution in [3.63, 3.8) is 0 Å². The molecule has 22 heavy (non-hydrogen) atoms. The van der Waals surface area contributed by atoms with Gasteiger partial charge < -0.3 is 5.11 Å². The van der Waals surface area contributed by atoms with Crippen LogP contribution < -0.4 is 0 Å². The molecule has 0 aliphatic carbocycles. The van der Waals surface area contributed by atoms with Gasteiger partial charge in [-0.1, -0.05) is 24.3 Å². The Hall–Kier alpha value is -2.34. The van der Waals surface area contributed by atoms with Gasteiger partial charge in [-0.15, -0.1) is 0 Å². The first-order valence-electron chi connectivity index (χ1n) is 6.19. The van der Waals surface area contributed by atoms with Gasteiger partial charge in [0.1, 0.15) is 0 Å². The fourth-order valence-corrected chi connectivity index (χ4v) is 2.50. The Balaban J connectivity index is 2.40. The molecule has 2 rings (SSSR count). The molecule has 0 fully saturated rings. The van der Waals surface area contributed by atoms with Gasteiger partial charge in [-0.05, 0) is 45.7 Å². The summed E-state index contributed by atoms with van der Waals surface area (Å²) >= 11 is 1.45. The van der Waals surface area contributed by atoms with Gasteiger partial charge in [-0.25, -0.2) is 4.79 Å². The number of hydrogen-bond acceptors (Lipinski definition) is 2. The first-order valence-corrected chi connectivity index (χ1v) is 7.13. The van der Waals surface area contributed by atoms with Crippen molar-refractivity contribution in [3.8, 4) is 0 Å². The number of rotatable bonds is 4. The first kappa shape index (κ1) is 16.0. The number of hydrogen-bond donors (Lipinski definition) is 1. The summed E-state index contributed by atoms with van der Waals surface area (Å²) in [5, 5.41) is 12.3. The third-order valence-electron chi connectivity index (χ3n) is 2.86. The van der Waals surface area contributed by atoms with Gasteiger partial charge in [-0.2, -0.15) is 24.5 Å². The average Bonchev–Trinajstić information content (AvgIpc) is 2.96. The Morgan fingerprint density at radius 3 is 2.27 bits per heavy atom. The molecule has 2 nitrogen and oxygen atoms in total. The van der Waals surface area contributed by atoms with E-state index < -0.39 is 17.7 Å². The number of aliphatic carboxylic acids is 1. The van der Waals surface area contributed by atoms with Gasteiger partial charge in [0.2, 0.25) is 0 Å². The largest absolute Gasteiger partial charge is 0.478 e. The van der Waals surface area contributed by atoms with Crippen molar-refractivity contribution >= 4 is 22.9 Å². The highest BCUT2D eigenvalue weighted by atomic mass is 32.1. The molecule has 0 bridgehead atoms. The molecule has 0 aliphatic heterocycles. The van der Waals surface area contributed by atoms with Gasteiger partial charge in [0, 0.05) is 6.08 Å². The highest BCUT2D eigenvalue weighted by molar-refractivity contribution is 7.08. The Morgan fingerprint density at radius 2 is 1.77 bits per heavy atom. The zero-order valence-electron chi connectivity index (χ0n) is 11.2. The van der Waals surface area contributed by atoms with E-state index in [9.17, 15) is 18.0 Å². The number of carboxylic acids is 1. The van der Waals surface area contributed by atoms with Crippen molar-refractivity contribution in [1.29, 1.82) is 0 Å². The summed E-state index contributed by atoms with van der Waals surface area (Å²) < 4.78 is 37.8. The number of carboxylic acid groups (broad SMARTS) is 1. The summed E-state index contributed by atoms with van der Waals surface area (Å²) in [5.41, 5.74) is 1.34. The number of benzene rings is 1. The quantitative estimate of drug-likeness (QED) is 0.645. The third-order valence-corrected chi connectivity index (χ3v) is 3.54. The van der Waals surface area contributed by atoms with Crippen LogP contribution in [0.4, 0.5) is 13.2 Å². The maximum absolute atomic E-state index is 12.6.